The van der Waals surface area contributed by atoms with Crippen LogP contribution >= 0.6 is 46.4 Å². The number of rotatable bonds is 23. The van der Waals surface area contributed by atoms with Crippen molar-refractivity contribution >= 4 is 139 Å². The molecule has 0 fully saturated rings. The van der Waals surface area contributed by atoms with E-state index in [-0.39, 0.29) is 116 Å². The summed E-state index contributed by atoms with van der Waals surface area (Å²) in [6, 6.07) is 11.3. The number of halogens is 4. The molecule has 5 rings (SSSR count). The lowest BCUT2D eigenvalue weighted by molar-refractivity contribution is 0.281. The van der Waals surface area contributed by atoms with Crippen LogP contribution in [0.4, 0.5) is 52.0 Å². The lowest BCUT2D eigenvalue weighted by Crippen LogP contribution is -2.21. The normalized spacial score (nSPS) is 12.9. The maximum absolute atomic E-state index is 11.8. The van der Waals surface area contributed by atoms with E-state index < -0.39 is 67.8 Å². The molecule has 0 bridgehead atoms. The zero-order chi connectivity index (χ0) is 50.9. The van der Waals surface area contributed by atoms with Crippen LogP contribution in [0.25, 0.3) is 0 Å². The molecule has 33 heteroatoms. The Bertz CT molecular complexity index is 3040. The fourth-order valence-electron chi connectivity index (χ4n) is 5.31. The van der Waals surface area contributed by atoms with Gasteiger partial charge in [-0.15, -0.1) is 10.2 Å². The summed E-state index contributed by atoms with van der Waals surface area (Å²) in [5, 5.41) is 33.8. The van der Waals surface area contributed by atoms with Gasteiger partial charge in [0, 0.05) is 18.2 Å². The Morgan fingerprint density at radius 1 is 0.565 bits per heavy atom. The smallest absolute Gasteiger partial charge is 0.296 e. The van der Waals surface area contributed by atoms with Crippen LogP contribution in [0.5, 0.6) is 11.5 Å². The SMILES string of the molecule is CC(CO)Nc1nc(Nc2cc(Cl)c(N=Nc3ccc(Cl)c(S(=O)(=O)O)c3)cc2OCCCS(=O)(=O)O)nc(Nc2cc(Cl)c(N=Nc3ccc(Cl)c(S(=O)(=O)O)c3)cc2OCCCS(=O)(=O)O)n1. The number of nitrogens with zero attached hydrogens (tertiary/aromatic N) is 7. The van der Waals surface area contributed by atoms with Gasteiger partial charge in [0.15, 0.2) is 0 Å². The van der Waals surface area contributed by atoms with Crippen LogP contribution in [0.3, 0.4) is 0 Å². The number of ether oxygens (including phenoxy) is 2. The van der Waals surface area contributed by atoms with E-state index >= 15 is 0 Å². The van der Waals surface area contributed by atoms with E-state index in [1.54, 1.807) is 6.92 Å². The number of hydrogen-bond acceptors (Lipinski definition) is 21. The van der Waals surface area contributed by atoms with Crippen molar-refractivity contribution in [1.82, 2.24) is 15.0 Å². The van der Waals surface area contributed by atoms with E-state index in [9.17, 15) is 57.0 Å². The summed E-state index contributed by atoms with van der Waals surface area (Å²) in [6.07, 6.45) is -0.375. The number of aromatic nitrogens is 3. The summed E-state index contributed by atoms with van der Waals surface area (Å²) < 4.78 is 142. The van der Waals surface area contributed by atoms with Crippen molar-refractivity contribution in [2.75, 3.05) is 47.3 Å². The van der Waals surface area contributed by atoms with Gasteiger partial charge < -0.3 is 30.5 Å². The quantitative estimate of drug-likeness (QED) is 0.0173. The van der Waals surface area contributed by atoms with Gasteiger partial charge in [-0.05, 0) is 68.3 Å². The third-order valence-corrected chi connectivity index (χ3v) is 13.3. The zero-order valence-electron chi connectivity index (χ0n) is 34.9. The number of aliphatic hydroxyl groups is 1. The summed E-state index contributed by atoms with van der Waals surface area (Å²) in [5.74, 6) is -2.03. The summed E-state index contributed by atoms with van der Waals surface area (Å²) >= 11 is 25.0. The van der Waals surface area contributed by atoms with Crippen LogP contribution in [-0.4, -0.2) is 109 Å². The molecular formula is C36H36Cl4N10O15S4. The Labute approximate surface area is 413 Å². The molecule has 372 valence electrons. The predicted molar refractivity (Wildman–Crippen MR) is 253 cm³/mol. The van der Waals surface area contributed by atoms with Crippen LogP contribution < -0.4 is 25.4 Å². The molecule has 4 aromatic carbocycles. The molecule has 0 saturated heterocycles. The van der Waals surface area contributed by atoms with Crippen molar-refractivity contribution in [2.45, 2.75) is 35.6 Å². The molecule has 1 aromatic heterocycles. The van der Waals surface area contributed by atoms with Gasteiger partial charge in [0.25, 0.3) is 40.5 Å². The van der Waals surface area contributed by atoms with E-state index in [1.807, 2.05) is 0 Å². The van der Waals surface area contributed by atoms with Crippen molar-refractivity contribution in [1.29, 1.82) is 0 Å². The van der Waals surface area contributed by atoms with Crippen LogP contribution in [0.2, 0.25) is 20.1 Å². The lowest BCUT2D eigenvalue weighted by atomic mass is 10.2. The fraction of sp³-hybridized carbons (Fsp3) is 0.250. The minimum Gasteiger partial charge on any atom is -0.491 e. The molecule has 0 aliphatic rings. The van der Waals surface area contributed by atoms with E-state index in [2.05, 4.69) is 51.4 Å². The van der Waals surface area contributed by atoms with E-state index in [4.69, 9.17) is 55.9 Å². The summed E-state index contributed by atoms with van der Waals surface area (Å²) in [7, 11) is -18.2. The van der Waals surface area contributed by atoms with Crippen molar-refractivity contribution in [3.05, 3.63) is 80.8 Å². The second kappa shape index (κ2) is 23.2. The Hall–Kier alpha value is -5.15. The average molecular weight is 1120 g/mol. The Morgan fingerprint density at radius 3 is 1.32 bits per heavy atom. The minimum absolute atomic E-state index is 0.0364. The van der Waals surface area contributed by atoms with Gasteiger partial charge in [0.05, 0.1) is 74.2 Å². The molecule has 0 saturated carbocycles. The highest BCUT2D eigenvalue weighted by Crippen LogP contribution is 2.41. The Morgan fingerprint density at radius 2 is 0.957 bits per heavy atom. The van der Waals surface area contributed by atoms with Crippen LogP contribution in [0, 0.1) is 0 Å². The molecule has 1 heterocycles. The van der Waals surface area contributed by atoms with E-state index in [1.165, 1.54) is 36.4 Å². The second-order valence-electron chi connectivity index (χ2n) is 13.9. The first kappa shape index (κ1) is 54.8. The van der Waals surface area contributed by atoms with Gasteiger partial charge in [-0.3, -0.25) is 18.2 Å². The fourth-order valence-corrected chi connectivity index (χ4v) is 8.66. The highest BCUT2D eigenvalue weighted by atomic mass is 35.5. The minimum atomic E-state index is -4.73. The highest BCUT2D eigenvalue weighted by molar-refractivity contribution is 7.86. The molecule has 25 nitrogen and oxygen atoms in total. The Kier molecular flexibility index (Phi) is 18.4. The number of benzene rings is 4. The summed E-state index contributed by atoms with van der Waals surface area (Å²) in [6.45, 7) is 0.641. The highest BCUT2D eigenvalue weighted by Gasteiger charge is 2.20. The van der Waals surface area contributed by atoms with Crippen LogP contribution in [0.1, 0.15) is 19.8 Å². The third-order valence-electron chi connectivity index (χ3n) is 8.42. The first-order valence-corrected chi connectivity index (χ1v) is 26.7. The summed E-state index contributed by atoms with van der Waals surface area (Å²) in [4.78, 5) is 11.8. The molecule has 1 unspecified atom stereocenters. The van der Waals surface area contributed by atoms with Gasteiger partial charge in [0.1, 0.15) is 32.7 Å². The van der Waals surface area contributed by atoms with E-state index in [0.717, 1.165) is 24.3 Å². The molecule has 0 radical (unpaired) electrons. The third kappa shape index (κ3) is 17.0. The maximum atomic E-state index is 11.8. The first-order chi connectivity index (χ1) is 32.2. The second-order valence-corrected chi connectivity index (χ2v) is 21.5. The molecule has 1 atom stereocenters. The molecule has 0 aliphatic carbocycles. The van der Waals surface area contributed by atoms with Gasteiger partial charge in [-0.25, -0.2) is 0 Å². The van der Waals surface area contributed by atoms with Gasteiger partial charge in [-0.1, -0.05) is 46.4 Å². The van der Waals surface area contributed by atoms with Crippen molar-refractivity contribution < 1.29 is 66.5 Å². The molecule has 0 amide bonds. The summed E-state index contributed by atoms with van der Waals surface area (Å²) in [5.41, 5.74) is -0.182. The van der Waals surface area contributed by atoms with Crippen LogP contribution in [0.15, 0.2) is 90.9 Å². The molecule has 0 spiro atoms. The monoisotopic (exact) mass is 1120 g/mol. The van der Waals surface area contributed by atoms with Crippen molar-refractivity contribution in [3.8, 4) is 11.5 Å². The maximum Gasteiger partial charge on any atom is 0.296 e. The van der Waals surface area contributed by atoms with Gasteiger partial charge >= 0.3 is 0 Å². The molecule has 5 aromatic rings. The van der Waals surface area contributed by atoms with Crippen molar-refractivity contribution in [3.63, 3.8) is 0 Å². The molecule has 69 heavy (non-hydrogen) atoms. The van der Waals surface area contributed by atoms with E-state index in [0.29, 0.717) is 0 Å². The first-order valence-electron chi connectivity index (χ1n) is 19.1. The number of azo groups is 2. The topological polar surface area (TPSA) is 380 Å². The number of hydrogen-bond donors (Lipinski definition) is 8. The van der Waals surface area contributed by atoms with Gasteiger partial charge in [-0.2, -0.15) is 58.9 Å². The van der Waals surface area contributed by atoms with Crippen molar-refractivity contribution in [2.24, 2.45) is 20.5 Å². The Balaban J connectivity index is 1.55. The zero-order valence-corrected chi connectivity index (χ0v) is 41.2. The number of nitrogens with one attached hydrogen (secondary N) is 3. The molecule has 0 aliphatic heterocycles. The predicted octanol–water partition coefficient (Wildman–Crippen LogP) is 8.40. The molecular weight excluding hydrogens is 1080 g/mol. The lowest BCUT2D eigenvalue weighted by Gasteiger charge is -2.17. The average Bonchev–Trinajstić information content (AvgIpc) is 3.23. The van der Waals surface area contributed by atoms with Crippen LogP contribution in [-0.2, 0) is 40.5 Å². The number of anilines is 5. The van der Waals surface area contributed by atoms with Gasteiger partial charge in [0.2, 0.25) is 17.8 Å². The standard InChI is InChI=1S/C36H36Cl4N10O15S4/c1-19(18-51)41-34-44-35(42-28-14-24(39)26(16-30(28)64-8-2-10-66(52,53)54)49-47-20-4-6-22(37)32(12-20)68(58,59)60)46-36(45-34)43-29-15-25(40)27(17-31(29)65-9-3-11-67(55,56)57)50-48-21-5-7-23(38)33(13-21)69(61,62)63/h4-7,12-17,19,51H,2-3,8-11,18H2,1H3,(H,52,53,54)(H,55,56,57)(H,58,59,60)(H,61,62,63)(H3,41,42,43,44,45,46). The number of aliphatic hydroxyl groups excluding tert-OH is 1. The largest absolute Gasteiger partial charge is 0.491 e. The molecule has 8 N–H and O–H groups in total.